The highest BCUT2D eigenvalue weighted by Gasteiger charge is 2.29. The Morgan fingerprint density at radius 3 is 2.30 bits per heavy atom. The zero-order chi connectivity index (χ0) is 22.8. The van der Waals surface area contributed by atoms with E-state index >= 15 is 0 Å². The summed E-state index contributed by atoms with van der Waals surface area (Å²) in [6, 6.07) is 25.6. The van der Waals surface area contributed by atoms with Crippen molar-refractivity contribution in [1.82, 2.24) is 10.3 Å². The number of carbonyl (C=O) groups excluding carboxylic acids is 1. The third kappa shape index (κ3) is 4.18. The molecular formula is C27H24N2O4. The Morgan fingerprint density at radius 1 is 0.939 bits per heavy atom. The van der Waals surface area contributed by atoms with E-state index < -0.39 is 18.3 Å². The Bertz CT molecular complexity index is 1260. The SMILES string of the molecule is O=C(NCC(O)C(O)c1cnc2ccccc2c1)OCC1c2ccccc2-c2ccccc21. The van der Waals surface area contributed by atoms with Crippen molar-refractivity contribution in [3.63, 3.8) is 0 Å². The molecule has 166 valence electrons. The number of fused-ring (bicyclic) bond motifs is 4. The summed E-state index contributed by atoms with van der Waals surface area (Å²) in [5.41, 5.74) is 5.86. The smallest absolute Gasteiger partial charge is 0.407 e. The third-order valence-electron chi connectivity index (χ3n) is 6.12. The number of aliphatic hydroxyl groups excluding tert-OH is 2. The predicted octanol–water partition coefficient (Wildman–Crippen LogP) is 4.17. The number of aromatic nitrogens is 1. The monoisotopic (exact) mass is 440 g/mol. The average molecular weight is 440 g/mol. The van der Waals surface area contributed by atoms with Gasteiger partial charge in [-0.3, -0.25) is 4.98 Å². The molecule has 0 fully saturated rings. The van der Waals surface area contributed by atoms with E-state index in [2.05, 4.69) is 34.6 Å². The lowest BCUT2D eigenvalue weighted by atomic mass is 9.98. The molecule has 33 heavy (non-hydrogen) atoms. The lowest BCUT2D eigenvalue weighted by Crippen LogP contribution is -2.36. The zero-order valence-corrected chi connectivity index (χ0v) is 17.9. The van der Waals surface area contributed by atoms with Crippen LogP contribution in [-0.2, 0) is 4.74 Å². The minimum atomic E-state index is -1.20. The maximum atomic E-state index is 12.3. The predicted molar refractivity (Wildman–Crippen MR) is 126 cm³/mol. The van der Waals surface area contributed by atoms with Gasteiger partial charge in [0.25, 0.3) is 0 Å². The van der Waals surface area contributed by atoms with Crippen LogP contribution in [0.2, 0.25) is 0 Å². The van der Waals surface area contributed by atoms with Crippen molar-refractivity contribution < 1.29 is 19.7 Å². The quantitative estimate of drug-likeness (QED) is 0.419. The van der Waals surface area contributed by atoms with Crippen molar-refractivity contribution in [2.45, 2.75) is 18.1 Å². The summed E-state index contributed by atoms with van der Waals surface area (Å²) in [4.78, 5) is 16.6. The first-order valence-corrected chi connectivity index (χ1v) is 10.9. The van der Waals surface area contributed by atoms with Crippen molar-refractivity contribution in [2.24, 2.45) is 0 Å². The van der Waals surface area contributed by atoms with Gasteiger partial charge in [-0.15, -0.1) is 0 Å². The molecule has 2 atom stereocenters. The van der Waals surface area contributed by atoms with Gasteiger partial charge in [-0.25, -0.2) is 4.79 Å². The number of benzene rings is 3. The van der Waals surface area contributed by atoms with E-state index in [1.807, 2.05) is 48.5 Å². The second kappa shape index (κ2) is 9.02. The number of amides is 1. The number of carbonyl (C=O) groups is 1. The molecule has 3 N–H and O–H groups in total. The molecule has 2 unspecified atom stereocenters. The fourth-order valence-electron chi connectivity index (χ4n) is 4.42. The molecule has 1 aliphatic rings. The third-order valence-corrected chi connectivity index (χ3v) is 6.12. The molecule has 1 heterocycles. The van der Waals surface area contributed by atoms with E-state index in [0.717, 1.165) is 33.2 Å². The lowest BCUT2D eigenvalue weighted by Gasteiger charge is -2.19. The van der Waals surface area contributed by atoms with Crippen LogP contribution in [0.1, 0.15) is 28.7 Å². The van der Waals surface area contributed by atoms with E-state index in [1.165, 1.54) is 6.20 Å². The molecule has 0 bridgehead atoms. The average Bonchev–Trinajstić information content (AvgIpc) is 3.19. The summed E-state index contributed by atoms with van der Waals surface area (Å²) in [6.07, 6.45) is -1.49. The number of hydrogen-bond donors (Lipinski definition) is 3. The maximum absolute atomic E-state index is 12.3. The highest BCUT2D eigenvalue weighted by atomic mass is 16.5. The second-order valence-electron chi connectivity index (χ2n) is 8.18. The summed E-state index contributed by atoms with van der Waals surface area (Å²) in [7, 11) is 0. The van der Waals surface area contributed by atoms with Crippen molar-refractivity contribution in [1.29, 1.82) is 0 Å². The number of nitrogens with one attached hydrogen (secondary N) is 1. The van der Waals surface area contributed by atoms with Gasteiger partial charge in [0.05, 0.1) is 5.52 Å². The number of nitrogens with zero attached hydrogens (tertiary/aromatic N) is 1. The van der Waals surface area contributed by atoms with Gasteiger partial charge in [-0.1, -0.05) is 66.7 Å². The number of pyridine rings is 1. The molecule has 0 spiro atoms. The van der Waals surface area contributed by atoms with E-state index in [-0.39, 0.29) is 19.1 Å². The summed E-state index contributed by atoms with van der Waals surface area (Å²) >= 11 is 0. The van der Waals surface area contributed by atoms with Gasteiger partial charge in [0.2, 0.25) is 0 Å². The van der Waals surface area contributed by atoms with Gasteiger partial charge in [-0.05, 0) is 34.4 Å². The first-order valence-electron chi connectivity index (χ1n) is 10.9. The number of hydrogen-bond acceptors (Lipinski definition) is 5. The fourth-order valence-corrected chi connectivity index (χ4v) is 4.42. The maximum Gasteiger partial charge on any atom is 0.407 e. The van der Waals surface area contributed by atoms with Crippen LogP contribution in [0.15, 0.2) is 85.1 Å². The molecule has 6 nitrogen and oxygen atoms in total. The number of aliphatic hydroxyl groups is 2. The first-order chi connectivity index (χ1) is 16.1. The van der Waals surface area contributed by atoms with E-state index in [4.69, 9.17) is 4.74 Å². The Kier molecular flexibility index (Phi) is 5.77. The number of alkyl carbamates (subject to hydrolysis) is 1. The van der Waals surface area contributed by atoms with Gasteiger partial charge in [0, 0.05) is 29.6 Å². The Labute approximate surface area is 191 Å². The Hall–Kier alpha value is -3.74. The van der Waals surface area contributed by atoms with Crippen molar-refractivity contribution in [3.05, 3.63) is 102 Å². The van der Waals surface area contributed by atoms with Gasteiger partial charge >= 0.3 is 6.09 Å². The largest absolute Gasteiger partial charge is 0.449 e. The minimum absolute atomic E-state index is 0.0395. The number of rotatable bonds is 6. The van der Waals surface area contributed by atoms with Gasteiger partial charge in [0.15, 0.2) is 0 Å². The summed E-state index contributed by atoms with van der Waals surface area (Å²) in [5, 5.41) is 24.3. The molecule has 6 heteroatoms. The highest BCUT2D eigenvalue weighted by molar-refractivity contribution is 5.79. The van der Waals surface area contributed by atoms with Gasteiger partial charge < -0.3 is 20.3 Å². The van der Waals surface area contributed by atoms with Crippen LogP contribution in [-0.4, -0.2) is 40.5 Å². The normalized spacial score (nSPS) is 14.4. The topological polar surface area (TPSA) is 91.7 Å². The summed E-state index contributed by atoms with van der Waals surface area (Å²) in [5.74, 6) is -0.0395. The molecule has 0 saturated carbocycles. The molecule has 1 aliphatic carbocycles. The molecule has 1 amide bonds. The Morgan fingerprint density at radius 2 is 1.58 bits per heavy atom. The van der Waals surface area contributed by atoms with Crippen LogP contribution < -0.4 is 5.32 Å². The number of ether oxygens (including phenoxy) is 1. The van der Waals surface area contributed by atoms with Crippen molar-refractivity contribution in [2.75, 3.05) is 13.2 Å². The second-order valence-corrected chi connectivity index (χ2v) is 8.18. The van der Waals surface area contributed by atoms with Crippen LogP contribution in [0.4, 0.5) is 4.79 Å². The summed E-state index contributed by atoms with van der Waals surface area (Å²) < 4.78 is 5.48. The molecule has 5 rings (SSSR count). The fraction of sp³-hybridized carbons (Fsp3) is 0.185. The molecule has 3 aromatic carbocycles. The molecule has 0 aliphatic heterocycles. The molecular weight excluding hydrogens is 416 g/mol. The zero-order valence-electron chi connectivity index (χ0n) is 17.9. The van der Waals surface area contributed by atoms with Crippen molar-refractivity contribution in [3.8, 4) is 11.1 Å². The van der Waals surface area contributed by atoms with E-state index in [1.54, 1.807) is 6.07 Å². The van der Waals surface area contributed by atoms with Crippen LogP contribution in [0.3, 0.4) is 0 Å². The minimum Gasteiger partial charge on any atom is -0.449 e. The highest BCUT2D eigenvalue weighted by Crippen LogP contribution is 2.44. The number of para-hydroxylation sites is 1. The van der Waals surface area contributed by atoms with Gasteiger partial charge in [0.1, 0.15) is 18.8 Å². The van der Waals surface area contributed by atoms with Crippen LogP contribution >= 0.6 is 0 Å². The van der Waals surface area contributed by atoms with Crippen LogP contribution in [0, 0.1) is 0 Å². The molecule has 4 aromatic rings. The molecule has 1 aromatic heterocycles. The van der Waals surface area contributed by atoms with Crippen molar-refractivity contribution >= 4 is 17.0 Å². The standard InChI is InChI=1S/C27H24N2O4/c30-25(26(31)18-13-17-7-1-6-12-24(17)28-14-18)15-29-27(32)33-16-23-21-10-4-2-8-19(21)20-9-3-5-11-22(20)23/h1-14,23,25-26,30-31H,15-16H2,(H,29,32). The molecule has 0 radical (unpaired) electrons. The molecule has 0 saturated heterocycles. The van der Waals surface area contributed by atoms with Gasteiger partial charge in [-0.2, -0.15) is 0 Å². The van der Waals surface area contributed by atoms with E-state index in [0.29, 0.717) is 5.56 Å². The van der Waals surface area contributed by atoms with Crippen LogP contribution in [0.25, 0.3) is 22.0 Å². The van der Waals surface area contributed by atoms with Crippen LogP contribution in [0.5, 0.6) is 0 Å². The lowest BCUT2D eigenvalue weighted by molar-refractivity contribution is 0.0184. The van der Waals surface area contributed by atoms with E-state index in [9.17, 15) is 15.0 Å². The summed E-state index contributed by atoms with van der Waals surface area (Å²) in [6.45, 7) is 0.0395. The Balaban J connectivity index is 1.19. The first kappa shape index (κ1) is 21.1.